The maximum atomic E-state index is 9.43. The Kier molecular flexibility index (Phi) is 5.76. The normalized spacial score (nSPS) is 26.1. The van der Waals surface area contributed by atoms with Crippen LogP contribution in [0.5, 0.6) is 0 Å². The Hall–Kier alpha value is -4.42. The Labute approximate surface area is 248 Å². The summed E-state index contributed by atoms with van der Waals surface area (Å²) in [7, 11) is 0. The molecule has 3 aromatic carbocycles. The van der Waals surface area contributed by atoms with Crippen molar-refractivity contribution in [2.45, 2.75) is 62.9 Å². The van der Waals surface area contributed by atoms with Crippen LogP contribution in [0.15, 0.2) is 108 Å². The highest BCUT2D eigenvalue weighted by Gasteiger charge is 2.46. The van der Waals surface area contributed by atoms with Gasteiger partial charge in [0.15, 0.2) is 0 Å². The molecule has 0 amide bonds. The van der Waals surface area contributed by atoms with Crippen molar-refractivity contribution in [2.75, 3.05) is 4.90 Å². The van der Waals surface area contributed by atoms with Crippen molar-refractivity contribution in [3.63, 3.8) is 0 Å². The first-order valence-electron chi connectivity index (χ1n) is 15.4. The number of nitrogens with zero attached hydrogens (tertiary/aromatic N) is 3. The standard InChI is InChI=1S/C39H35N3/c1-39(2)33-17-5-3-15-30(33)31-20-21-36-37(38(31)39)32-16-4-6-19-35(32)42(36)29-14-8-11-26(23-29)25-10-7-12-27(22-25)34-18-9-13-28(24-40)41-34/h3-8,10-11,14-17,19-23,27,32,34-35H,9,12-13,18H2,1-2H3. The average molecular weight is 546 g/mol. The highest BCUT2D eigenvalue weighted by atomic mass is 15.2. The average Bonchev–Trinajstić information content (AvgIpc) is 3.50. The smallest absolute Gasteiger partial charge is 0.114 e. The number of fused-ring (bicyclic) bond motifs is 7. The molecular weight excluding hydrogens is 510 g/mol. The van der Waals surface area contributed by atoms with Gasteiger partial charge in [0.25, 0.3) is 0 Å². The number of benzene rings is 3. The summed E-state index contributed by atoms with van der Waals surface area (Å²) in [6.45, 7) is 4.79. The SMILES string of the molecule is CC1(C)c2ccccc2-c2ccc3c(c21)C1C=CC=CC1N3c1cccc(C2=CC(C3CCCC(C#N)=N3)CC=C2)c1. The van der Waals surface area contributed by atoms with E-state index in [2.05, 4.69) is 128 Å². The third-order valence-electron chi connectivity index (χ3n) is 10.2. The van der Waals surface area contributed by atoms with Gasteiger partial charge in [-0.05, 0) is 82.8 Å². The summed E-state index contributed by atoms with van der Waals surface area (Å²) in [5.74, 6) is 0.654. The van der Waals surface area contributed by atoms with Gasteiger partial charge in [-0.25, -0.2) is 0 Å². The van der Waals surface area contributed by atoms with Gasteiger partial charge in [-0.15, -0.1) is 0 Å². The van der Waals surface area contributed by atoms with Crippen LogP contribution in [0, 0.1) is 17.2 Å². The van der Waals surface area contributed by atoms with E-state index in [4.69, 9.17) is 4.99 Å². The molecule has 0 fully saturated rings. The van der Waals surface area contributed by atoms with Crippen molar-refractivity contribution < 1.29 is 0 Å². The van der Waals surface area contributed by atoms with Gasteiger partial charge in [0.1, 0.15) is 11.8 Å². The minimum atomic E-state index is -0.0472. The Morgan fingerprint density at radius 1 is 0.976 bits per heavy atom. The largest absolute Gasteiger partial charge is 0.333 e. The second-order valence-electron chi connectivity index (χ2n) is 12.9. The first kappa shape index (κ1) is 25.3. The Balaban J connectivity index is 1.21. The van der Waals surface area contributed by atoms with E-state index in [0.717, 1.165) is 25.7 Å². The third-order valence-corrected chi connectivity index (χ3v) is 10.2. The van der Waals surface area contributed by atoms with Crippen LogP contribution in [0.25, 0.3) is 16.7 Å². The summed E-state index contributed by atoms with van der Waals surface area (Å²) in [6.07, 6.45) is 20.1. The van der Waals surface area contributed by atoms with E-state index in [1.807, 2.05) is 0 Å². The van der Waals surface area contributed by atoms with Crippen LogP contribution in [0.3, 0.4) is 0 Å². The van der Waals surface area contributed by atoms with Gasteiger partial charge in [-0.2, -0.15) is 5.26 Å². The summed E-state index contributed by atoms with van der Waals surface area (Å²) in [5, 5.41) is 9.43. The van der Waals surface area contributed by atoms with E-state index in [1.165, 1.54) is 50.3 Å². The molecule has 3 aromatic rings. The number of allylic oxidation sites excluding steroid dienone is 5. The fourth-order valence-corrected chi connectivity index (χ4v) is 8.24. The van der Waals surface area contributed by atoms with Crippen molar-refractivity contribution in [1.82, 2.24) is 0 Å². The minimum Gasteiger partial charge on any atom is -0.333 e. The molecule has 4 unspecified atom stereocenters. The summed E-state index contributed by atoms with van der Waals surface area (Å²) >= 11 is 0. The van der Waals surface area contributed by atoms with E-state index >= 15 is 0 Å². The highest BCUT2D eigenvalue weighted by molar-refractivity contribution is 5.99. The van der Waals surface area contributed by atoms with Crippen molar-refractivity contribution >= 4 is 22.7 Å². The predicted octanol–water partition coefficient (Wildman–Crippen LogP) is 9.20. The zero-order chi connectivity index (χ0) is 28.4. The van der Waals surface area contributed by atoms with Crippen LogP contribution in [0.4, 0.5) is 11.4 Å². The lowest BCUT2D eigenvalue weighted by molar-refractivity contribution is 0.454. The molecule has 0 radical (unpaired) electrons. The van der Waals surface area contributed by atoms with Gasteiger partial charge >= 0.3 is 0 Å². The Morgan fingerprint density at radius 2 is 1.86 bits per heavy atom. The van der Waals surface area contributed by atoms with E-state index in [0.29, 0.717) is 17.5 Å². The summed E-state index contributed by atoms with van der Waals surface area (Å²) < 4.78 is 0. The monoisotopic (exact) mass is 545 g/mol. The van der Waals surface area contributed by atoms with Crippen LogP contribution < -0.4 is 4.90 Å². The molecule has 3 aliphatic carbocycles. The minimum absolute atomic E-state index is 0.0472. The second-order valence-corrected chi connectivity index (χ2v) is 12.9. The Morgan fingerprint density at radius 3 is 2.76 bits per heavy atom. The Bertz CT molecular complexity index is 1810. The van der Waals surface area contributed by atoms with Crippen molar-refractivity contribution in [2.24, 2.45) is 10.9 Å². The fraction of sp³-hybridized carbons (Fsp3) is 0.282. The molecule has 2 aliphatic heterocycles. The fourth-order valence-electron chi connectivity index (χ4n) is 8.24. The molecule has 0 spiro atoms. The predicted molar refractivity (Wildman–Crippen MR) is 173 cm³/mol. The number of anilines is 2. The van der Waals surface area contributed by atoms with Crippen LogP contribution in [0.2, 0.25) is 0 Å². The van der Waals surface area contributed by atoms with Gasteiger partial charge in [-0.1, -0.05) is 98.8 Å². The second kappa shape index (κ2) is 9.57. The maximum absolute atomic E-state index is 9.43. The summed E-state index contributed by atoms with van der Waals surface area (Å²) in [5.41, 5.74) is 12.9. The van der Waals surface area contributed by atoms with Crippen LogP contribution in [0.1, 0.15) is 67.7 Å². The van der Waals surface area contributed by atoms with E-state index < -0.39 is 0 Å². The molecule has 42 heavy (non-hydrogen) atoms. The zero-order valence-corrected chi connectivity index (χ0v) is 24.3. The van der Waals surface area contributed by atoms with E-state index in [1.54, 1.807) is 0 Å². The molecule has 206 valence electrons. The van der Waals surface area contributed by atoms with E-state index in [9.17, 15) is 5.26 Å². The number of hydrogen-bond donors (Lipinski definition) is 0. The lowest BCUT2D eigenvalue weighted by atomic mass is 9.76. The molecule has 3 nitrogen and oxygen atoms in total. The summed E-state index contributed by atoms with van der Waals surface area (Å²) in [6, 6.07) is 25.5. The van der Waals surface area contributed by atoms with Crippen LogP contribution in [-0.2, 0) is 5.41 Å². The highest BCUT2D eigenvalue weighted by Crippen LogP contribution is 2.58. The number of rotatable bonds is 3. The molecule has 3 heteroatoms. The van der Waals surface area contributed by atoms with Gasteiger partial charge in [0.2, 0.25) is 0 Å². The topological polar surface area (TPSA) is 39.4 Å². The molecule has 0 N–H and O–H groups in total. The summed E-state index contributed by atoms with van der Waals surface area (Å²) in [4.78, 5) is 7.38. The lowest BCUT2D eigenvalue weighted by Gasteiger charge is -2.29. The first-order valence-corrected chi connectivity index (χ1v) is 15.4. The van der Waals surface area contributed by atoms with Crippen molar-refractivity contribution in [3.8, 4) is 17.2 Å². The van der Waals surface area contributed by atoms with Gasteiger partial charge in [-0.3, -0.25) is 4.99 Å². The van der Waals surface area contributed by atoms with Gasteiger partial charge in [0, 0.05) is 28.6 Å². The van der Waals surface area contributed by atoms with Crippen molar-refractivity contribution in [1.29, 1.82) is 5.26 Å². The van der Waals surface area contributed by atoms with Gasteiger partial charge < -0.3 is 4.90 Å². The third kappa shape index (κ3) is 3.75. The molecular formula is C39H35N3. The molecule has 4 atom stereocenters. The van der Waals surface area contributed by atoms with Crippen LogP contribution in [-0.4, -0.2) is 17.8 Å². The lowest BCUT2D eigenvalue weighted by Crippen LogP contribution is -2.28. The maximum Gasteiger partial charge on any atom is 0.114 e. The van der Waals surface area contributed by atoms with E-state index in [-0.39, 0.29) is 17.5 Å². The molecule has 0 bridgehead atoms. The molecule has 8 rings (SSSR count). The quantitative estimate of drug-likeness (QED) is 0.329. The molecule has 2 heterocycles. The molecule has 0 saturated carbocycles. The number of aliphatic imine (C=N–C) groups is 1. The molecule has 0 saturated heterocycles. The van der Waals surface area contributed by atoms with Gasteiger partial charge in [0.05, 0.1) is 12.1 Å². The molecule has 5 aliphatic rings. The first-order chi connectivity index (χ1) is 20.5. The number of hydrogen-bond acceptors (Lipinski definition) is 3. The van der Waals surface area contributed by atoms with Crippen molar-refractivity contribution in [3.05, 3.63) is 125 Å². The zero-order valence-electron chi connectivity index (χ0n) is 24.3. The molecule has 0 aromatic heterocycles. The number of nitriles is 1. The van der Waals surface area contributed by atoms with Crippen LogP contribution >= 0.6 is 0 Å².